The molecule has 4 nitrogen and oxygen atoms in total. The second-order valence-corrected chi connectivity index (χ2v) is 6.12. The lowest BCUT2D eigenvalue weighted by atomic mass is 10.1. The molecule has 0 aromatic carbocycles. The van der Waals surface area contributed by atoms with Crippen molar-refractivity contribution >= 4 is 27.5 Å². The number of aromatic amines is 1. The fourth-order valence-corrected chi connectivity index (χ4v) is 3.09. The van der Waals surface area contributed by atoms with Crippen molar-refractivity contribution in [3.8, 4) is 0 Å². The molecule has 5 heteroatoms. The first-order valence-corrected chi connectivity index (χ1v) is 7.76. The number of aromatic nitrogens is 2. The van der Waals surface area contributed by atoms with Crippen molar-refractivity contribution in [2.24, 2.45) is 0 Å². The first-order chi connectivity index (χ1) is 10.1. The first-order valence-electron chi connectivity index (χ1n) is 6.88. The second kappa shape index (κ2) is 5.69. The van der Waals surface area contributed by atoms with Crippen molar-refractivity contribution in [1.29, 1.82) is 0 Å². The van der Waals surface area contributed by atoms with Crippen molar-refractivity contribution in [1.82, 2.24) is 14.9 Å². The molecule has 0 bridgehead atoms. The number of nitrogens with one attached hydrogen (secondary N) is 1. The molecule has 0 aliphatic rings. The molecule has 1 atom stereocenters. The summed E-state index contributed by atoms with van der Waals surface area (Å²) >= 11 is 1.64. The van der Waals surface area contributed by atoms with Crippen LogP contribution in [0.3, 0.4) is 0 Å². The van der Waals surface area contributed by atoms with E-state index in [1.54, 1.807) is 22.4 Å². The van der Waals surface area contributed by atoms with Crippen LogP contribution in [0, 0.1) is 0 Å². The summed E-state index contributed by atoms with van der Waals surface area (Å²) in [6.07, 6.45) is 2.53. The molecule has 21 heavy (non-hydrogen) atoms. The van der Waals surface area contributed by atoms with Gasteiger partial charge in [-0.05, 0) is 36.6 Å². The lowest BCUT2D eigenvalue weighted by Gasteiger charge is -2.24. The van der Waals surface area contributed by atoms with Crippen LogP contribution in [0.1, 0.15) is 23.1 Å². The van der Waals surface area contributed by atoms with E-state index in [2.05, 4.69) is 9.97 Å². The molecule has 3 heterocycles. The predicted molar refractivity (Wildman–Crippen MR) is 85.7 cm³/mol. The maximum atomic E-state index is 12.5. The Balaban J connectivity index is 1.73. The second-order valence-electron chi connectivity index (χ2n) is 5.17. The number of rotatable bonds is 4. The fourth-order valence-electron chi connectivity index (χ4n) is 2.31. The van der Waals surface area contributed by atoms with E-state index in [0.717, 1.165) is 22.3 Å². The van der Waals surface area contributed by atoms with Crippen molar-refractivity contribution in [3.63, 3.8) is 0 Å². The SMILES string of the molecule is C[C@@H](Cc1ccccn1)N(C)C(=O)c1cc2sccc2[nH]1. The minimum absolute atomic E-state index is 0.0156. The molecule has 108 valence electrons. The highest BCUT2D eigenvalue weighted by Gasteiger charge is 2.20. The molecule has 1 N–H and O–H groups in total. The summed E-state index contributed by atoms with van der Waals surface area (Å²) < 4.78 is 1.11. The van der Waals surface area contributed by atoms with Crippen molar-refractivity contribution in [3.05, 3.63) is 53.3 Å². The van der Waals surface area contributed by atoms with Gasteiger partial charge in [0.05, 0.1) is 10.2 Å². The molecule has 3 aromatic rings. The molecule has 3 aromatic heterocycles. The number of H-pyrrole nitrogens is 1. The number of hydrogen-bond donors (Lipinski definition) is 1. The van der Waals surface area contributed by atoms with E-state index in [1.165, 1.54) is 0 Å². The number of carbonyl (C=O) groups is 1. The van der Waals surface area contributed by atoms with Gasteiger partial charge in [-0.2, -0.15) is 0 Å². The molecule has 0 saturated carbocycles. The van der Waals surface area contributed by atoms with Gasteiger partial charge >= 0.3 is 0 Å². The predicted octanol–water partition coefficient (Wildman–Crippen LogP) is 3.33. The highest BCUT2D eigenvalue weighted by Crippen LogP contribution is 2.22. The highest BCUT2D eigenvalue weighted by molar-refractivity contribution is 7.17. The highest BCUT2D eigenvalue weighted by atomic mass is 32.1. The molecular formula is C16H17N3OS. The van der Waals surface area contributed by atoms with Gasteiger partial charge < -0.3 is 9.88 Å². The fraction of sp³-hybridized carbons (Fsp3) is 0.250. The maximum absolute atomic E-state index is 12.5. The Morgan fingerprint density at radius 3 is 3.00 bits per heavy atom. The quantitative estimate of drug-likeness (QED) is 0.803. The molecule has 0 spiro atoms. The Kier molecular flexibility index (Phi) is 3.75. The van der Waals surface area contributed by atoms with E-state index in [1.807, 2.05) is 49.7 Å². The van der Waals surface area contributed by atoms with Crippen molar-refractivity contribution in [2.45, 2.75) is 19.4 Å². The Labute approximate surface area is 127 Å². The summed E-state index contributed by atoms with van der Waals surface area (Å²) in [5, 5.41) is 2.02. The monoisotopic (exact) mass is 299 g/mol. The van der Waals surface area contributed by atoms with Crippen LogP contribution in [0.15, 0.2) is 41.9 Å². The lowest BCUT2D eigenvalue weighted by molar-refractivity contribution is 0.0738. The summed E-state index contributed by atoms with van der Waals surface area (Å²) in [5.41, 5.74) is 2.67. The summed E-state index contributed by atoms with van der Waals surface area (Å²) in [7, 11) is 1.84. The number of likely N-dealkylation sites (N-methyl/N-ethyl adjacent to an activating group) is 1. The van der Waals surface area contributed by atoms with Crippen LogP contribution in [0.5, 0.6) is 0 Å². The van der Waals surface area contributed by atoms with E-state index >= 15 is 0 Å². The molecule has 0 aliphatic carbocycles. The first kappa shape index (κ1) is 13.8. The number of nitrogens with zero attached hydrogens (tertiary/aromatic N) is 2. The van der Waals surface area contributed by atoms with Crippen LogP contribution < -0.4 is 0 Å². The topological polar surface area (TPSA) is 49.0 Å². The number of pyridine rings is 1. The van der Waals surface area contributed by atoms with Gasteiger partial charge in [0.2, 0.25) is 0 Å². The number of hydrogen-bond acceptors (Lipinski definition) is 3. The number of amides is 1. The maximum Gasteiger partial charge on any atom is 0.270 e. The van der Waals surface area contributed by atoms with Crippen molar-refractivity contribution in [2.75, 3.05) is 7.05 Å². The van der Waals surface area contributed by atoms with Crippen LogP contribution in [-0.2, 0) is 6.42 Å². The third kappa shape index (κ3) is 2.83. The largest absolute Gasteiger partial charge is 0.350 e. The molecule has 0 unspecified atom stereocenters. The van der Waals surface area contributed by atoms with Gasteiger partial charge in [-0.3, -0.25) is 9.78 Å². The Hall–Kier alpha value is -2.14. The Morgan fingerprint density at radius 2 is 2.29 bits per heavy atom. The molecule has 3 rings (SSSR count). The zero-order valence-corrected chi connectivity index (χ0v) is 12.9. The van der Waals surface area contributed by atoms with Crippen LogP contribution in [0.2, 0.25) is 0 Å². The standard InChI is InChI=1S/C16H17N3OS/c1-11(9-12-5-3-4-7-17-12)19(2)16(20)14-10-15-13(18-14)6-8-21-15/h3-8,10-11,18H,9H2,1-2H3/t11-/m0/s1. The summed E-state index contributed by atoms with van der Waals surface area (Å²) in [4.78, 5) is 21.8. The van der Waals surface area contributed by atoms with E-state index in [9.17, 15) is 4.79 Å². The molecule has 0 aliphatic heterocycles. The number of thiophene rings is 1. The third-order valence-electron chi connectivity index (χ3n) is 3.68. The normalized spacial score (nSPS) is 12.5. The molecule has 0 radical (unpaired) electrons. The minimum atomic E-state index is 0.0156. The smallest absolute Gasteiger partial charge is 0.270 e. The molecule has 0 fully saturated rings. The van der Waals surface area contributed by atoms with Crippen molar-refractivity contribution < 1.29 is 4.79 Å². The van der Waals surface area contributed by atoms with E-state index < -0.39 is 0 Å². The van der Waals surface area contributed by atoms with Gasteiger partial charge in [-0.25, -0.2) is 0 Å². The van der Waals surface area contributed by atoms with Crippen LogP contribution >= 0.6 is 11.3 Å². The molecular weight excluding hydrogens is 282 g/mol. The average Bonchev–Trinajstić information content (AvgIpc) is 3.08. The van der Waals surface area contributed by atoms with Gasteiger partial charge in [0.25, 0.3) is 5.91 Å². The third-order valence-corrected chi connectivity index (χ3v) is 4.55. The average molecular weight is 299 g/mol. The summed E-state index contributed by atoms with van der Waals surface area (Å²) in [6.45, 7) is 2.04. The summed E-state index contributed by atoms with van der Waals surface area (Å²) in [5.74, 6) is 0.0156. The van der Waals surface area contributed by atoms with Gasteiger partial charge in [0.15, 0.2) is 0 Å². The van der Waals surface area contributed by atoms with E-state index in [4.69, 9.17) is 0 Å². The van der Waals surface area contributed by atoms with Gasteiger partial charge in [-0.15, -0.1) is 11.3 Å². The molecule has 0 saturated heterocycles. The lowest BCUT2D eigenvalue weighted by Crippen LogP contribution is -2.36. The minimum Gasteiger partial charge on any atom is -0.350 e. The van der Waals surface area contributed by atoms with Crippen LogP contribution in [0.25, 0.3) is 10.2 Å². The summed E-state index contributed by atoms with van der Waals surface area (Å²) in [6, 6.07) is 9.86. The number of fused-ring (bicyclic) bond motifs is 1. The van der Waals surface area contributed by atoms with Crippen LogP contribution in [-0.4, -0.2) is 33.9 Å². The van der Waals surface area contributed by atoms with E-state index in [-0.39, 0.29) is 11.9 Å². The Morgan fingerprint density at radius 1 is 1.43 bits per heavy atom. The van der Waals surface area contributed by atoms with E-state index in [0.29, 0.717) is 5.69 Å². The molecule has 1 amide bonds. The van der Waals surface area contributed by atoms with Gasteiger partial charge in [-0.1, -0.05) is 6.07 Å². The number of carbonyl (C=O) groups excluding carboxylic acids is 1. The zero-order chi connectivity index (χ0) is 14.8. The van der Waals surface area contributed by atoms with Gasteiger partial charge in [0.1, 0.15) is 5.69 Å². The Bertz CT molecular complexity index is 719. The zero-order valence-electron chi connectivity index (χ0n) is 12.0. The van der Waals surface area contributed by atoms with Gasteiger partial charge in [0, 0.05) is 31.4 Å². The van der Waals surface area contributed by atoms with Crippen LogP contribution in [0.4, 0.5) is 0 Å².